The van der Waals surface area contributed by atoms with Crippen molar-refractivity contribution in [3.8, 4) is 0 Å². The highest BCUT2D eigenvalue weighted by Gasteiger charge is 2.13. The zero-order chi connectivity index (χ0) is 14.0. The van der Waals surface area contributed by atoms with Crippen molar-refractivity contribution in [2.45, 2.75) is 6.92 Å². The second-order valence-electron chi connectivity index (χ2n) is 3.91. The molecular weight excluding hydrogens is 395 g/mol. The Balaban J connectivity index is 2.28. The third-order valence-corrected chi connectivity index (χ3v) is 3.72. The van der Waals surface area contributed by atoms with Crippen LogP contribution in [-0.4, -0.2) is 10.9 Å². The number of rotatable bonds is 2. The summed E-state index contributed by atoms with van der Waals surface area (Å²) >= 11 is 12.6. The lowest BCUT2D eigenvalue weighted by atomic mass is 10.2. The molecule has 6 heteroatoms. The first kappa shape index (κ1) is 14.5. The Labute approximate surface area is 132 Å². The molecule has 0 unspecified atom stereocenters. The molecule has 0 aliphatic rings. The summed E-state index contributed by atoms with van der Waals surface area (Å²) in [6.07, 6.45) is 1.55. The Kier molecular flexibility index (Phi) is 4.60. The Hall–Kier alpha value is -0.910. The molecule has 0 spiro atoms. The number of pyridine rings is 1. The predicted molar refractivity (Wildman–Crippen MR) is 83.8 cm³/mol. The number of nitrogens with zero attached hydrogens (tertiary/aromatic N) is 1. The molecule has 0 aliphatic carbocycles. The normalized spacial score (nSPS) is 10.3. The molecule has 0 saturated heterocycles. The number of amides is 1. The fourth-order valence-electron chi connectivity index (χ4n) is 1.54. The van der Waals surface area contributed by atoms with Gasteiger partial charge in [0.05, 0.1) is 5.56 Å². The van der Waals surface area contributed by atoms with Gasteiger partial charge in [-0.2, -0.15) is 0 Å². The molecule has 0 fully saturated rings. The summed E-state index contributed by atoms with van der Waals surface area (Å²) in [5.74, 6) is -0.288. The van der Waals surface area contributed by atoms with E-state index in [4.69, 9.17) is 11.6 Å². The van der Waals surface area contributed by atoms with Crippen LogP contribution >= 0.6 is 43.5 Å². The highest BCUT2D eigenvalue weighted by atomic mass is 79.9. The second kappa shape index (κ2) is 6.03. The highest BCUT2D eigenvalue weighted by Crippen LogP contribution is 2.23. The summed E-state index contributed by atoms with van der Waals surface area (Å²) in [6.45, 7) is 1.92. The molecule has 98 valence electrons. The van der Waals surface area contributed by atoms with Crippen molar-refractivity contribution in [1.29, 1.82) is 0 Å². The minimum Gasteiger partial charge on any atom is -0.322 e. The van der Waals surface area contributed by atoms with Crippen LogP contribution in [0.4, 0.5) is 5.69 Å². The largest absolute Gasteiger partial charge is 0.322 e. The number of halogens is 3. The lowest BCUT2D eigenvalue weighted by molar-refractivity contribution is 0.102. The number of benzene rings is 1. The smallest absolute Gasteiger partial charge is 0.258 e. The number of hydrogen-bond donors (Lipinski definition) is 1. The van der Waals surface area contributed by atoms with E-state index in [9.17, 15) is 4.79 Å². The predicted octanol–water partition coefficient (Wildman–Crippen LogP) is 4.82. The van der Waals surface area contributed by atoms with E-state index in [2.05, 4.69) is 42.2 Å². The van der Waals surface area contributed by atoms with E-state index in [-0.39, 0.29) is 11.1 Å². The van der Waals surface area contributed by atoms with Crippen molar-refractivity contribution < 1.29 is 4.79 Å². The molecule has 1 amide bonds. The maximum atomic E-state index is 12.2. The quantitative estimate of drug-likeness (QED) is 0.729. The van der Waals surface area contributed by atoms with Crippen molar-refractivity contribution >= 4 is 55.1 Å². The summed E-state index contributed by atoms with van der Waals surface area (Å²) in [5, 5.41) is 2.99. The van der Waals surface area contributed by atoms with Crippen molar-refractivity contribution in [3.05, 3.63) is 55.7 Å². The number of aromatic nitrogens is 1. The Bertz CT molecular complexity index is 647. The first-order chi connectivity index (χ1) is 8.97. The molecule has 1 heterocycles. The van der Waals surface area contributed by atoms with Gasteiger partial charge in [0.2, 0.25) is 0 Å². The fraction of sp³-hybridized carbons (Fsp3) is 0.0769. The Morgan fingerprint density at radius 3 is 2.68 bits per heavy atom. The Morgan fingerprint density at radius 1 is 1.26 bits per heavy atom. The van der Waals surface area contributed by atoms with Crippen LogP contribution in [-0.2, 0) is 0 Å². The fourth-order valence-corrected chi connectivity index (χ4v) is 2.53. The standard InChI is InChI=1S/C13H9Br2ClN2O/c1-7-4-8(14)2-3-11(7)18-13(19)10-5-9(15)6-17-12(10)16/h2-6H,1H3,(H,18,19). The van der Waals surface area contributed by atoms with E-state index in [0.29, 0.717) is 10.0 Å². The first-order valence-corrected chi connectivity index (χ1v) is 7.32. The van der Waals surface area contributed by atoms with Gasteiger partial charge in [-0.1, -0.05) is 27.5 Å². The van der Waals surface area contributed by atoms with Crippen LogP contribution in [0.5, 0.6) is 0 Å². The molecule has 0 saturated carbocycles. The van der Waals surface area contributed by atoms with Gasteiger partial charge in [-0.3, -0.25) is 4.79 Å². The topological polar surface area (TPSA) is 42.0 Å². The zero-order valence-corrected chi connectivity index (χ0v) is 13.8. The van der Waals surface area contributed by atoms with Crippen molar-refractivity contribution in [3.63, 3.8) is 0 Å². The van der Waals surface area contributed by atoms with Gasteiger partial charge in [0, 0.05) is 20.8 Å². The molecule has 0 aliphatic heterocycles. The summed E-state index contributed by atoms with van der Waals surface area (Å²) < 4.78 is 1.67. The molecule has 2 aromatic rings. The molecule has 0 bridgehead atoms. The Morgan fingerprint density at radius 2 is 2.00 bits per heavy atom. The van der Waals surface area contributed by atoms with Crippen LogP contribution in [0.3, 0.4) is 0 Å². The number of anilines is 1. The van der Waals surface area contributed by atoms with Gasteiger partial charge < -0.3 is 5.32 Å². The van der Waals surface area contributed by atoms with Gasteiger partial charge in [0.15, 0.2) is 0 Å². The average Bonchev–Trinajstić information content (AvgIpc) is 2.35. The highest BCUT2D eigenvalue weighted by molar-refractivity contribution is 9.10. The second-order valence-corrected chi connectivity index (χ2v) is 6.09. The van der Waals surface area contributed by atoms with Gasteiger partial charge in [-0.25, -0.2) is 4.98 Å². The molecule has 19 heavy (non-hydrogen) atoms. The zero-order valence-electron chi connectivity index (χ0n) is 9.88. The van der Waals surface area contributed by atoms with Crippen LogP contribution in [0.15, 0.2) is 39.4 Å². The number of hydrogen-bond acceptors (Lipinski definition) is 2. The number of aryl methyl sites for hydroxylation is 1. The minimum absolute atomic E-state index is 0.176. The van der Waals surface area contributed by atoms with E-state index in [1.54, 1.807) is 12.3 Å². The molecule has 1 aromatic carbocycles. The van der Waals surface area contributed by atoms with Crippen LogP contribution in [0.1, 0.15) is 15.9 Å². The molecule has 0 radical (unpaired) electrons. The average molecular weight is 404 g/mol. The van der Waals surface area contributed by atoms with Crippen LogP contribution in [0.2, 0.25) is 5.15 Å². The van der Waals surface area contributed by atoms with Crippen molar-refractivity contribution in [2.75, 3.05) is 5.32 Å². The molecular formula is C13H9Br2ClN2O. The molecule has 1 N–H and O–H groups in total. The van der Waals surface area contributed by atoms with Crippen LogP contribution in [0.25, 0.3) is 0 Å². The number of carbonyl (C=O) groups excluding carboxylic acids is 1. The van der Waals surface area contributed by atoms with Crippen molar-refractivity contribution in [1.82, 2.24) is 4.98 Å². The van der Waals surface area contributed by atoms with E-state index in [1.165, 1.54) is 0 Å². The molecule has 3 nitrogen and oxygen atoms in total. The summed E-state index contributed by atoms with van der Waals surface area (Å²) in [6, 6.07) is 7.26. The SMILES string of the molecule is Cc1cc(Br)ccc1NC(=O)c1cc(Br)cnc1Cl. The molecule has 1 aromatic heterocycles. The third kappa shape index (κ3) is 3.55. The summed E-state index contributed by atoms with van der Waals surface area (Å²) in [5.41, 5.74) is 2.03. The summed E-state index contributed by atoms with van der Waals surface area (Å²) in [7, 11) is 0. The monoisotopic (exact) mass is 402 g/mol. The lowest BCUT2D eigenvalue weighted by Gasteiger charge is -2.09. The van der Waals surface area contributed by atoms with Gasteiger partial charge in [0.25, 0.3) is 5.91 Å². The maximum absolute atomic E-state index is 12.2. The molecule has 2 rings (SSSR count). The van der Waals surface area contributed by atoms with Crippen LogP contribution < -0.4 is 5.32 Å². The van der Waals surface area contributed by atoms with Crippen molar-refractivity contribution in [2.24, 2.45) is 0 Å². The van der Waals surface area contributed by atoms with Gasteiger partial charge in [0.1, 0.15) is 5.15 Å². The summed E-state index contributed by atoms with van der Waals surface area (Å²) in [4.78, 5) is 16.1. The first-order valence-electron chi connectivity index (χ1n) is 5.36. The van der Waals surface area contributed by atoms with Gasteiger partial charge >= 0.3 is 0 Å². The van der Waals surface area contributed by atoms with Crippen LogP contribution in [0, 0.1) is 6.92 Å². The van der Waals surface area contributed by atoms with E-state index >= 15 is 0 Å². The van der Waals surface area contributed by atoms with E-state index in [0.717, 1.165) is 15.7 Å². The number of nitrogens with one attached hydrogen (secondary N) is 1. The lowest BCUT2D eigenvalue weighted by Crippen LogP contribution is -2.13. The van der Waals surface area contributed by atoms with E-state index < -0.39 is 0 Å². The maximum Gasteiger partial charge on any atom is 0.258 e. The van der Waals surface area contributed by atoms with E-state index in [1.807, 2.05) is 25.1 Å². The third-order valence-electron chi connectivity index (χ3n) is 2.49. The van der Waals surface area contributed by atoms with Gasteiger partial charge in [-0.15, -0.1) is 0 Å². The number of carbonyl (C=O) groups is 1. The molecule has 0 atom stereocenters. The minimum atomic E-state index is -0.288. The van der Waals surface area contributed by atoms with Gasteiger partial charge in [-0.05, 0) is 52.7 Å².